The van der Waals surface area contributed by atoms with E-state index in [9.17, 15) is 13.2 Å². The maximum atomic E-state index is 12.2. The van der Waals surface area contributed by atoms with Gasteiger partial charge in [-0.15, -0.1) is 0 Å². The van der Waals surface area contributed by atoms with Gasteiger partial charge in [0.05, 0.1) is 12.2 Å². The fourth-order valence-corrected chi connectivity index (χ4v) is 1.06. The molecule has 1 rings (SSSR count). The van der Waals surface area contributed by atoms with Crippen LogP contribution in [0.4, 0.5) is 13.2 Å². The summed E-state index contributed by atoms with van der Waals surface area (Å²) in [6.45, 7) is 0.445. The van der Waals surface area contributed by atoms with E-state index in [1.165, 1.54) is 12.1 Å². The van der Waals surface area contributed by atoms with Crippen molar-refractivity contribution in [1.29, 1.82) is 0 Å². The maximum Gasteiger partial charge on any atom is 0.416 e. The largest absolute Gasteiger partial charge is 0.416 e. The minimum absolute atomic E-state index is 0.445. The average molecular weight is 216 g/mol. The lowest BCUT2D eigenvalue weighted by Crippen LogP contribution is -2.03. The number of hydrogen-bond donors (Lipinski definition) is 0. The molecule has 1 aromatic rings. The van der Waals surface area contributed by atoms with Crippen molar-refractivity contribution in [3.63, 3.8) is 0 Å². The molecular formula is C11H11F3O. The predicted molar refractivity (Wildman–Crippen MR) is 52.4 cm³/mol. The standard InChI is InChI=1S/C11H11F3O/c1-15-8-2-3-9-4-6-10(7-5-9)11(12,13)14/h2-7H,8H2,1H3/b3-2+. The first-order chi connectivity index (χ1) is 7.04. The van der Waals surface area contributed by atoms with Crippen LogP contribution in [-0.2, 0) is 10.9 Å². The lowest BCUT2D eigenvalue weighted by atomic mass is 10.1. The fraction of sp³-hybridized carbons (Fsp3) is 0.273. The van der Waals surface area contributed by atoms with Crippen LogP contribution in [0.5, 0.6) is 0 Å². The van der Waals surface area contributed by atoms with Crippen LogP contribution >= 0.6 is 0 Å². The van der Waals surface area contributed by atoms with Crippen molar-refractivity contribution in [2.24, 2.45) is 0 Å². The predicted octanol–water partition coefficient (Wildman–Crippen LogP) is 3.37. The number of halogens is 3. The van der Waals surface area contributed by atoms with Crippen LogP contribution in [-0.4, -0.2) is 13.7 Å². The summed E-state index contributed by atoms with van der Waals surface area (Å²) in [6.07, 6.45) is -0.818. The summed E-state index contributed by atoms with van der Waals surface area (Å²) in [7, 11) is 1.55. The van der Waals surface area contributed by atoms with Crippen LogP contribution in [0.3, 0.4) is 0 Å². The van der Waals surface area contributed by atoms with Crippen molar-refractivity contribution in [2.45, 2.75) is 6.18 Å². The molecule has 0 N–H and O–H groups in total. The summed E-state index contributed by atoms with van der Waals surface area (Å²) >= 11 is 0. The molecule has 0 fully saturated rings. The normalized spacial score (nSPS) is 12.3. The highest BCUT2D eigenvalue weighted by Gasteiger charge is 2.29. The van der Waals surface area contributed by atoms with Gasteiger partial charge in [-0.3, -0.25) is 0 Å². The van der Waals surface area contributed by atoms with Crippen LogP contribution in [0.15, 0.2) is 30.3 Å². The maximum absolute atomic E-state index is 12.2. The second-order valence-corrected chi connectivity index (χ2v) is 2.98. The van der Waals surface area contributed by atoms with E-state index in [1.807, 2.05) is 0 Å². The first-order valence-electron chi connectivity index (χ1n) is 4.37. The van der Waals surface area contributed by atoms with Crippen LogP contribution in [0.1, 0.15) is 11.1 Å². The zero-order valence-corrected chi connectivity index (χ0v) is 8.21. The summed E-state index contributed by atoms with van der Waals surface area (Å²) in [5.74, 6) is 0. The molecule has 15 heavy (non-hydrogen) atoms. The second-order valence-electron chi connectivity index (χ2n) is 2.98. The van der Waals surface area contributed by atoms with Crippen molar-refractivity contribution >= 4 is 6.08 Å². The van der Waals surface area contributed by atoms with E-state index < -0.39 is 11.7 Å². The molecule has 0 radical (unpaired) electrons. The van der Waals surface area contributed by atoms with E-state index in [2.05, 4.69) is 0 Å². The van der Waals surface area contributed by atoms with Crippen molar-refractivity contribution in [3.8, 4) is 0 Å². The topological polar surface area (TPSA) is 9.23 Å². The van der Waals surface area contributed by atoms with Gasteiger partial charge in [-0.2, -0.15) is 13.2 Å². The summed E-state index contributed by atoms with van der Waals surface area (Å²) in [5, 5.41) is 0. The highest BCUT2D eigenvalue weighted by molar-refractivity contribution is 5.49. The fourth-order valence-electron chi connectivity index (χ4n) is 1.06. The Morgan fingerprint density at radius 2 is 1.80 bits per heavy atom. The van der Waals surface area contributed by atoms with Gasteiger partial charge in [0.15, 0.2) is 0 Å². The van der Waals surface area contributed by atoms with E-state index in [0.717, 1.165) is 17.7 Å². The molecule has 0 aliphatic rings. The Balaban J connectivity index is 2.73. The zero-order chi connectivity index (χ0) is 11.3. The van der Waals surface area contributed by atoms with Gasteiger partial charge in [0, 0.05) is 7.11 Å². The van der Waals surface area contributed by atoms with Gasteiger partial charge < -0.3 is 4.74 Å². The zero-order valence-electron chi connectivity index (χ0n) is 8.21. The number of rotatable bonds is 3. The molecule has 0 aliphatic carbocycles. The molecule has 0 heterocycles. The molecule has 1 aromatic carbocycles. The molecule has 0 bridgehead atoms. The molecule has 0 atom stereocenters. The SMILES string of the molecule is COC/C=C/c1ccc(C(F)(F)F)cc1. The van der Waals surface area contributed by atoms with E-state index in [4.69, 9.17) is 4.74 Å². The molecule has 0 spiro atoms. The van der Waals surface area contributed by atoms with Crippen LogP contribution in [0.2, 0.25) is 0 Å². The molecule has 0 aromatic heterocycles. The Bertz CT molecular complexity index is 325. The van der Waals surface area contributed by atoms with Gasteiger partial charge in [-0.25, -0.2) is 0 Å². The van der Waals surface area contributed by atoms with E-state index in [-0.39, 0.29) is 0 Å². The summed E-state index contributed by atoms with van der Waals surface area (Å²) in [5.41, 5.74) is 0.0893. The Labute approximate surface area is 86.2 Å². The lowest BCUT2D eigenvalue weighted by Gasteiger charge is -2.05. The van der Waals surface area contributed by atoms with Crippen LogP contribution in [0, 0.1) is 0 Å². The first kappa shape index (κ1) is 11.8. The summed E-state index contributed by atoms with van der Waals surface area (Å²) < 4.78 is 41.3. The van der Waals surface area contributed by atoms with Crippen LogP contribution < -0.4 is 0 Å². The number of ether oxygens (including phenoxy) is 1. The molecule has 0 aliphatic heterocycles. The van der Waals surface area contributed by atoms with Crippen molar-refractivity contribution in [3.05, 3.63) is 41.5 Å². The Hall–Kier alpha value is -1.29. The molecular weight excluding hydrogens is 205 g/mol. The molecule has 0 amide bonds. The molecule has 4 heteroatoms. The first-order valence-corrected chi connectivity index (χ1v) is 4.37. The van der Waals surface area contributed by atoms with Gasteiger partial charge >= 0.3 is 6.18 Å². The van der Waals surface area contributed by atoms with E-state index in [1.54, 1.807) is 19.3 Å². The van der Waals surface area contributed by atoms with Crippen molar-refractivity contribution < 1.29 is 17.9 Å². The lowest BCUT2D eigenvalue weighted by molar-refractivity contribution is -0.137. The quantitative estimate of drug-likeness (QED) is 0.752. The third kappa shape index (κ3) is 3.75. The molecule has 0 saturated heterocycles. The third-order valence-electron chi connectivity index (χ3n) is 1.81. The monoisotopic (exact) mass is 216 g/mol. The molecule has 0 unspecified atom stereocenters. The van der Waals surface area contributed by atoms with Gasteiger partial charge in [-0.1, -0.05) is 24.3 Å². The third-order valence-corrected chi connectivity index (χ3v) is 1.81. The van der Waals surface area contributed by atoms with Gasteiger partial charge in [0.2, 0.25) is 0 Å². The highest BCUT2D eigenvalue weighted by atomic mass is 19.4. The van der Waals surface area contributed by atoms with E-state index in [0.29, 0.717) is 6.61 Å². The van der Waals surface area contributed by atoms with Crippen molar-refractivity contribution in [1.82, 2.24) is 0 Å². The van der Waals surface area contributed by atoms with Gasteiger partial charge in [0.25, 0.3) is 0 Å². The number of benzene rings is 1. The number of hydrogen-bond acceptors (Lipinski definition) is 1. The van der Waals surface area contributed by atoms with Gasteiger partial charge in [-0.05, 0) is 17.7 Å². The minimum atomic E-state index is -4.27. The van der Waals surface area contributed by atoms with Crippen LogP contribution in [0.25, 0.3) is 6.08 Å². The smallest absolute Gasteiger partial charge is 0.381 e. The Morgan fingerprint density at radius 1 is 1.20 bits per heavy atom. The van der Waals surface area contributed by atoms with E-state index >= 15 is 0 Å². The molecule has 0 saturated carbocycles. The second kappa shape index (κ2) is 4.98. The van der Waals surface area contributed by atoms with Gasteiger partial charge in [0.1, 0.15) is 0 Å². The molecule has 82 valence electrons. The average Bonchev–Trinajstić information content (AvgIpc) is 2.18. The summed E-state index contributed by atoms with van der Waals surface area (Å²) in [4.78, 5) is 0. The minimum Gasteiger partial charge on any atom is -0.381 e. The number of alkyl halides is 3. The highest BCUT2D eigenvalue weighted by Crippen LogP contribution is 2.29. The Kier molecular flexibility index (Phi) is 3.91. The summed E-state index contributed by atoms with van der Waals surface area (Å²) in [6, 6.07) is 4.98. The molecule has 1 nitrogen and oxygen atoms in total. The number of methoxy groups -OCH3 is 1. The Morgan fingerprint density at radius 3 is 2.27 bits per heavy atom. The van der Waals surface area contributed by atoms with Crippen molar-refractivity contribution in [2.75, 3.05) is 13.7 Å².